The Labute approximate surface area is 156 Å². The summed E-state index contributed by atoms with van der Waals surface area (Å²) in [6, 6.07) is 1.84. The average molecular weight is 388 g/mol. The highest BCUT2D eigenvalue weighted by atomic mass is 19.4. The summed E-state index contributed by atoms with van der Waals surface area (Å²) in [7, 11) is 0. The van der Waals surface area contributed by atoms with Gasteiger partial charge < -0.3 is 19.7 Å². The van der Waals surface area contributed by atoms with E-state index in [1.165, 1.54) is 6.20 Å². The van der Waals surface area contributed by atoms with Crippen LogP contribution in [-0.4, -0.2) is 66.1 Å². The smallest absolute Gasteiger partial charge is 0.354 e. The third kappa shape index (κ3) is 6.35. The van der Waals surface area contributed by atoms with Crippen molar-refractivity contribution in [1.82, 2.24) is 19.7 Å². The predicted molar refractivity (Wildman–Crippen MR) is 96.4 cm³/mol. The largest absolute Gasteiger partial charge is 0.421 e. The standard InChI is InChI=1S/C18H27F3N4O2/c1-3-23-7-9-24(10-8-23)12-14(2)11-22-16(26)13-25-6-4-5-15(17(25)27)18(19,20)21/h4-6,14H,3,7-13H2,1-2H3,(H,22,26). The van der Waals surface area contributed by atoms with Crippen molar-refractivity contribution in [2.24, 2.45) is 5.92 Å². The SMILES string of the molecule is CCN1CCN(CC(C)CNC(=O)Cn2cccc(C(F)(F)F)c2=O)CC1. The van der Waals surface area contributed by atoms with Crippen molar-refractivity contribution in [2.75, 3.05) is 45.8 Å². The molecule has 27 heavy (non-hydrogen) atoms. The number of carbonyl (C=O) groups excluding carboxylic acids is 1. The van der Waals surface area contributed by atoms with Crippen LogP contribution in [0.2, 0.25) is 0 Å². The van der Waals surface area contributed by atoms with Crippen LogP contribution < -0.4 is 10.9 Å². The zero-order valence-corrected chi connectivity index (χ0v) is 15.8. The first-order valence-corrected chi connectivity index (χ1v) is 9.18. The van der Waals surface area contributed by atoms with Gasteiger partial charge in [0.1, 0.15) is 12.1 Å². The lowest BCUT2D eigenvalue weighted by molar-refractivity contribution is -0.139. The topological polar surface area (TPSA) is 57.6 Å². The fraction of sp³-hybridized carbons (Fsp3) is 0.667. The number of nitrogens with zero attached hydrogens (tertiary/aromatic N) is 3. The van der Waals surface area contributed by atoms with Gasteiger partial charge in [-0.25, -0.2) is 0 Å². The molecule has 1 aliphatic rings. The number of nitrogens with one attached hydrogen (secondary N) is 1. The summed E-state index contributed by atoms with van der Waals surface area (Å²) in [6.07, 6.45) is -3.54. The van der Waals surface area contributed by atoms with Crippen LogP contribution >= 0.6 is 0 Å². The number of likely N-dealkylation sites (N-methyl/N-ethyl adjacent to an activating group) is 1. The van der Waals surface area contributed by atoms with Crippen LogP contribution in [0.5, 0.6) is 0 Å². The van der Waals surface area contributed by atoms with Crippen LogP contribution in [0.1, 0.15) is 19.4 Å². The second kappa shape index (κ2) is 9.36. The third-order valence-corrected chi connectivity index (χ3v) is 4.77. The Kier molecular flexibility index (Phi) is 7.43. The summed E-state index contributed by atoms with van der Waals surface area (Å²) in [6.45, 7) is 10.1. The molecule has 1 aromatic heterocycles. The number of pyridine rings is 1. The summed E-state index contributed by atoms with van der Waals surface area (Å²) in [5.41, 5.74) is -2.47. The van der Waals surface area contributed by atoms with Crippen LogP contribution in [-0.2, 0) is 17.5 Å². The number of alkyl halides is 3. The van der Waals surface area contributed by atoms with E-state index in [4.69, 9.17) is 0 Å². The molecular formula is C18H27F3N4O2. The molecule has 1 unspecified atom stereocenters. The first-order valence-electron chi connectivity index (χ1n) is 9.18. The van der Waals surface area contributed by atoms with E-state index in [-0.39, 0.29) is 5.92 Å². The average Bonchev–Trinajstić information content (AvgIpc) is 2.61. The Morgan fingerprint density at radius 1 is 1.22 bits per heavy atom. The van der Waals surface area contributed by atoms with E-state index in [1.807, 2.05) is 6.92 Å². The van der Waals surface area contributed by atoms with Gasteiger partial charge in [0, 0.05) is 45.5 Å². The van der Waals surface area contributed by atoms with Gasteiger partial charge in [0.25, 0.3) is 5.56 Å². The van der Waals surface area contributed by atoms with Gasteiger partial charge in [-0.05, 0) is 24.6 Å². The number of rotatable bonds is 7. The molecule has 1 saturated heterocycles. The lowest BCUT2D eigenvalue weighted by Gasteiger charge is -2.35. The van der Waals surface area contributed by atoms with E-state index < -0.39 is 29.8 Å². The highest BCUT2D eigenvalue weighted by Gasteiger charge is 2.34. The van der Waals surface area contributed by atoms with Crippen LogP contribution in [0.15, 0.2) is 23.1 Å². The molecule has 1 fully saturated rings. The molecule has 0 radical (unpaired) electrons. The quantitative estimate of drug-likeness (QED) is 0.764. The van der Waals surface area contributed by atoms with Gasteiger partial charge in [0.15, 0.2) is 0 Å². The van der Waals surface area contributed by atoms with Crippen LogP contribution in [0.4, 0.5) is 13.2 Å². The van der Waals surface area contributed by atoms with Crippen molar-refractivity contribution < 1.29 is 18.0 Å². The second-order valence-electron chi connectivity index (χ2n) is 7.00. The molecule has 1 amide bonds. The fourth-order valence-electron chi connectivity index (χ4n) is 3.17. The molecule has 152 valence electrons. The summed E-state index contributed by atoms with van der Waals surface area (Å²) >= 11 is 0. The summed E-state index contributed by atoms with van der Waals surface area (Å²) < 4.78 is 39.1. The number of carbonyl (C=O) groups is 1. The molecule has 2 rings (SSSR count). The van der Waals surface area contributed by atoms with Crippen molar-refractivity contribution in [1.29, 1.82) is 0 Å². The number of hydrogen-bond acceptors (Lipinski definition) is 4. The molecule has 9 heteroatoms. The first kappa shape index (κ1) is 21.4. The van der Waals surface area contributed by atoms with E-state index in [2.05, 4.69) is 22.0 Å². The molecule has 1 N–H and O–H groups in total. The predicted octanol–water partition coefficient (Wildman–Crippen LogP) is 1.26. The lowest BCUT2D eigenvalue weighted by atomic mass is 10.1. The van der Waals surface area contributed by atoms with E-state index >= 15 is 0 Å². The maximum absolute atomic E-state index is 12.8. The van der Waals surface area contributed by atoms with Crippen molar-refractivity contribution in [3.05, 3.63) is 34.2 Å². The molecular weight excluding hydrogens is 361 g/mol. The highest BCUT2D eigenvalue weighted by molar-refractivity contribution is 5.75. The van der Waals surface area contributed by atoms with Gasteiger partial charge in [0.2, 0.25) is 5.91 Å². The van der Waals surface area contributed by atoms with E-state index in [0.29, 0.717) is 6.54 Å². The van der Waals surface area contributed by atoms with E-state index in [1.54, 1.807) is 0 Å². The molecule has 2 heterocycles. The molecule has 1 aromatic rings. The Morgan fingerprint density at radius 2 is 1.85 bits per heavy atom. The molecule has 6 nitrogen and oxygen atoms in total. The maximum atomic E-state index is 12.8. The number of hydrogen-bond donors (Lipinski definition) is 1. The Morgan fingerprint density at radius 3 is 2.44 bits per heavy atom. The van der Waals surface area contributed by atoms with Gasteiger partial charge in [-0.3, -0.25) is 9.59 Å². The zero-order chi connectivity index (χ0) is 20.0. The number of aromatic nitrogens is 1. The fourth-order valence-corrected chi connectivity index (χ4v) is 3.17. The summed E-state index contributed by atoms with van der Waals surface area (Å²) in [5.74, 6) is -0.264. The number of amides is 1. The van der Waals surface area contributed by atoms with Crippen molar-refractivity contribution in [3.63, 3.8) is 0 Å². The van der Waals surface area contributed by atoms with E-state index in [9.17, 15) is 22.8 Å². The third-order valence-electron chi connectivity index (χ3n) is 4.77. The van der Waals surface area contributed by atoms with Crippen LogP contribution in [0.3, 0.4) is 0 Å². The minimum Gasteiger partial charge on any atom is -0.354 e. The van der Waals surface area contributed by atoms with Gasteiger partial charge in [-0.2, -0.15) is 13.2 Å². The Hall–Kier alpha value is -1.87. The lowest BCUT2D eigenvalue weighted by Crippen LogP contribution is -2.48. The number of halogens is 3. The van der Waals surface area contributed by atoms with Crippen LogP contribution in [0.25, 0.3) is 0 Å². The zero-order valence-electron chi connectivity index (χ0n) is 15.8. The highest BCUT2D eigenvalue weighted by Crippen LogP contribution is 2.25. The summed E-state index contributed by atoms with van der Waals surface area (Å²) in [5, 5.41) is 2.71. The minimum atomic E-state index is -4.73. The number of piperazine rings is 1. The summed E-state index contributed by atoms with van der Waals surface area (Å²) in [4.78, 5) is 28.6. The van der Waals surface area contributed by atoms with Crippen molar-refractivity contribution >= 4 is 5.91 Å². The van der Waals surface area contributed by atoms with Gasteiger partial charge in [0.05, 0.1) is 0 Å². The molecule has 0 spiro atoms. The van der Waals surface area contributed by atoms with E-state index in [0.717, 1.165) is 56.0 Å². The van der Waals surface area contributed by atoms with Crippen molar-refractivity contribution in [2.45, 2.75) is 26.6 Å². The second-order valence-corrected chi connectivity index (χ2v) is 7.00. The molecule has 0 aromatic carbocycles. The van der Waals surface area contributed by atoms with Crippen molar-refractivity contribution in [3.8, 4) is 0 Å². The van der Waals surface area contributed by atoms with Gasteiger partial charge in [-0.1, -0.05) is 13.8 Å². The molecule has 1 aliphatic heterocycles. The molecule has 0 bridgehead atoms. The van der Waals surface area contributed by atoms with Gasteiger partial charge in [-0.15, -0.1) is 0 Å². The Balaban J connectivity index is 1.80. The maximum Gasteiger partial charge on any atom is 0.421 e. The molecule has 0 saturated carbocycles. The minimum absolute atomic E-state index is 0.209. The first-order chi connectivity index (χ1) is 12.7. The molecule has 1 atom stereocenters. The molecule has 0 aliphatic carbocycles. The Bertz CT molecular complexity index is 682. The van der Waals surface area contributed by atoms with Gasteiger partial charge >= 0.3 is 6.18 Å². The monoisotopic (exact) mass is 388 g/mol. The normalized spacial score (nSPS) is 17.7. The van der Waals surface area contributed by atoms with Crippen LogP contribution in [0, 0.1) is 5.92 Å².